The van der Waals surface area contributed by atoms with Crippen molar-refractivity contribution >= 4 is 29.0 Å². The first-order valence-electron chi connectivity index (χ1n) is 8.06. The molecule has 0 unspecified atom stereocenters. The zero-order chi connectivity index (χ0) is 17.7. The van der Waals surface area contributed by atoms with Gasteiger partial charge in [-0.3, -0.25) is 14.4 Å². The Hall–Kier alpha value is -2.50. The Bertz CT molecular complexity index is 675. The molecule has 1 aromatic carbocycles. The van der Waals surface area contributed by atoms with Crippen LogP contribution in [0.3, 0.4) is 0 Å². The maximum Gasteiger partial charge on any atom is 0.271 e. The average molecular weight is 329 g/mol. The minimum Gasteiger partial charge on any atom is -0.326 e. The Morgan fingerprint density at radius 1 is 1.17 bits per heavy atom. The van der Waals surface area contributed by atoms with Crippen LogP contribution in [-0.2, 0) is 9.59 Å². The van der Waals surface area contributed by atoms with Crippen molar-refractivity contribution in [2.45, 2.75) is 46.5 Å². The molecule has 24 heavy (non-hydrogen) atoms. The van der Waals surface area contributed by atoms with Crippen LogP contribution in [0, 0.1) is 5.41 Å². The van der Waals surface area contributed by atoms with Crippen LogP contribution in [0.2, 0.25) is 0 Å². The Morgan fingerprint density at radius 2 is 1.83 bits per heavy atom. The number of hydrogen-bond acceptors (Lipinski definition) is 4. The second-order valence-corrected chi connectivity index (χ2v) is 6.83. The van der Waals surface area contributed by atoms with E-state index in [1.165, 1.54) is 0 Å². The minimum atomic E-state index is -0.341. The van der Waals surface area contributed by atoms with Gasteiger partial charge in [-0.2, -0.15) is 5.10 Å². The predicted octanol–water partition coefficient (Wildman–Crippen LogP) is 2.90. The lowest BCUT2D eigenvalue weighted by Crippen LogP contribution is -2.31. The van der Waals surface area contributed by atoms with E-state index < -0.39 is 0 Å². The summed E-state index contributed by atoms with van der Waals surface area (Å²) in [5.41, 5.74) is 4.18. The third kappa shape index (κ3) is 5.01. The van der Waals surface area contributed by atoms with Gasteiger partial charge in [-0.05, 0) is 36.1 Å². The van der Waals surface area contributed by atoms with Crippen molar-refractivity contribution in [3.05, 3.63) is 29.8 Å². The number of nitrogens with zero attached hydrogens (tertiary/aromatic N) is 1. The van der Waals surface area contributed by atoms with Gasteiger partial charge in [0, 0.05) is 36.2 Å². The number of Topliss-reactive ketones (excluding diaryl/α,β-unsaturated/α-hetero) is 1. The molecule has 0 aromatic heterocycles. The van der Waals surface area contributed by atoms with Crippen molar-refractivity contribution in [3.8, 4) is 0 Å². The molecule has 6 nitrogen and oxygen atoms in total. The third-order valence-corrected chi connectivity index (χ3v) is 3.83. The van der Waals surface area contributed by atoms with Gasteiger partial charge in [0.2, 0.25) is 5.91 Å². The van der Waals surface area contributed by atoms with Crippen LogP contribution >= 0.6 is 0 Å². The van der Waals surface area contributed by atoms with Gasteiger partial charge in [-0.15, -0.1) is 0 Å². The van der Waals surface area contributed by atoms with Gasteiger partial charge in [0.15, 0.2) is 0 Å². The molecule has 1 fully saturated rings. The average Bonchev–Trinajstić information content (AvgIpc) is 2.51. The molecule has 128 valence electrons. The number of anilines is 1. The summed E-state index contributed by atoms with van der Waals surface area (Å²) in [5.74, 6) is -0.273. The molecule has 2 N–H and O–H groups in total. The lowest BCUT2D eigenvalue weighted by Gasteiger charge is -2.28. The number of ketones is 1. The van der Waals surface area contributed by atoms with E-state index in [9.17, 15) is 14.4 Å². The molecule has 0 atom stereocenters. The summed E-state index contributed by atoms with van der Waals surface area (Å²) in [6, 6.07) is 6.58. The van der Waals surface area contributed by atoms with Gasteiger partial charge in [0.05, 0.1) is 0 Å². The molecule has 1 saturated carbocycles. The van der Waals surface area contributed by atoms with Crippen LogP contribution in [-0.4, -0.2) is 23.3 Å². The van der Waals surface area contributed by atoms with E-state index in [1.807, 2.05) is 13.8 Å². The number of nitrogens with one attached hydrogen (secondary N) is 2. The summed E-state index contributed by atoms with van der Waals surface area (Å²) in [7, 11) is 0. The van der Waals surface area contributed by atoms with Gasteiger partial charge in [-0.25, -0.2) is 5.43 Å². The SMILES string of the molecule is CCC(=O)Nc1ccc(C(=O)N/N=C2\CC(=O)CC(C)(C)C2)cc1. The predicted molar refractivity (Wildman–Crippen MR) is 92.9 cm³/mol. The second-order valence-electron chi connectivity index (χ2n) is 6.83. The molecule has 0 heterocycles. The molecule has 0 aliphatic heterocycles. The zero-order valence-electron chi connectivity index (χ0n) is 14.3. The first-order chi connectivity index (χ1) is 11.3. The van der Waals surface area contributed by atoms with Gasteiger partial charge in [0.25, 0.3) is 5.91 Å². The molecule has 6 heteroatoms. The van der Waals surface area contributed by atoms with Gasteiger partial charge < -0.3 is 5.32 Å². The Balaban J connectivity index is 1.98. The van der Waals surface area contributed by atoms with Crippen molar-refractivity contribution in [1.82, 2.24) is 5.43 Å². The van der Waals surface area contributed by atoms with Crippen LogP contribution < -0.4 is 10.7 Å². The summed E-state index contributed by atoms with van der Waals surface area (Å²) >= 11 is 0. The lowest BCUT2D eigenvalue weighted by molar-refractivity contribution is -0.120. The summed E-state index contributed by atoms with van der Waals surface area (Å²) in [4.78, 5) is 35.2. The van der Waals surface area contributed by atoms with E-state index in [0.29, 0.717) is 42.6 Å². The van der Waals surface area contributed by atoms with E-state index in [0.717, 1.165) is 0 Å². The number of hydrogen-bond donors (Lipinski definition) is 2. The minimum absolute atomic E-state index is 0.0804. The number of amides is 2. The van der Waals surface area contributed by atoms with Gasteiger partial charge in [0.1, 0.15) is 5.78 Å². The van der Waals surface area contributed by atoms with Gasteiger partial charge in [-0.1, -0.05) is 20.8 Å². The molecule has 1 aliphatic rings. The van der Waals surface area contributed by atoms with E-state index in [-0.39, 0.29) is 23.0 Å². The molecular formula is C18H23N3O3. The van der Waals surface area contributed by atoms with Crippen LogP contribution in [0.5, 0.6) is 0 Å². The zero-order valence-corrected chi connectivity index (χ0v) is 14.3. The molecule has 1 aromatic rings. The standard InChI is InChI=1S/C18H23N3O3/c1-4-16(23)19-13-7-5-12(6-8-13)17(24)21-20-14-9-15(22)11-18(2,3)10-14/h5-8H,4,9-11H2,1-3H3,(H,19,23)(H,21,24)/b20-14+. The van der Waals surface area contributed by atoms with Crippen molar-refractivity contribution in [2.24, 2.45) is 10.5 Å². The fourth-order valence-electron chi connectivity index (χ4n) is 2.73. The fraction of sp³-hybridized carbons (Fsp3) is 0.444. The molecular weight excluding hydrogens is 306 g/mol. The molecule has 1 aliphatic carbocycles. The van der Waals surface area contributed by atoms with E-state index in [4.69, 9.17) is 0 Å². The normalized spacial score (nSPS) is 18.3. The first-order valence-corrected chi connectivity index (χ1v) is 8.06. The number of rotatable bonds is 4. The van der Waals surface area contributed by atoms with Crippen molar-refractivity contribution < 1.29 is 14.4 Å². The van der Waals surface area contributed by atoms with Crippen LogP contribution in [0.15, 0.2) is 29.4 Å². The van der Waals surface area contributed by atoms with E-state index >= 15 is 0 Å². The number of carbonyl (C=O) groups excluding carboxylic acids is 3. The molecule has 0 radical (unpaired) electrons. The largest absolute Gasteiger partial charge is 0.326 e. The highest BCUT2D eigenvalue weighted by molar-refractivity contribution is 6.05. The Labute approximate surface area is 141 Å². The summed E-state index contributed by atoms with van der Waals surface area (Å²) in [6.07, 6.45) is 1.94. The van der Waals surface area contributed by atoms with Crippen LogP contribution in [0.4, 0.5) is 5.69 Å². The summed E-state index contributed by atoms with van der Waals surface area (Å²) < 4.78 is 0. The summed E-state index contributed by atoms with van der Waals surface area (Å²) in [5, 5.41) is 6.84. The smallest absolute Gasteiger partial charge is 0.271 e. The van der Waals surface area contributed by atoms with Crippen LogP contribution in [0.25, 0.3) is 0 Å². The molecule has 2 rings (SSSR count). The Morgan fingerprint density at radius 3 is 2.42 bits per heavy atom. The monoisotopic (exact) mass is 329 g/mol. The second kappa shape index (κ2) is 7.38. The van der Waals surface area contributed by atoms with E-state index in [1.54, 1.807) is 31.2 Å². The molecule has 0 bridgehead atoms. The van der Waals surface area contributed by atoms with Crippen molar-refractivity contribution in [1.29, 1.82) is 0 Å². The molecule has 2 amide bonds. The lowest BCUT2D eigenvalue weighted by atomic mass is 9.76. The van der Waals surface area contributed by atoms with Crippen molar-refractivity contribution in [3.63, 3.8) is 0 Å². The number of carbonyl (C=O) groups is 3. The van der Waals surface area contributed by atoms with Gasteiger partial charge >= 0.3 is 0 Å². The maximum atomic E-state index is 12.1. The number of hydrazone groups is 1. The highest BCUT2D eigenvalue weighted by atomic mass is 16.2. The highest BCUT2D eigenvalue weighted by Crippen LogP contribution is 2.31. The fourth-order valence-corrected chi connectivity index (χ4v) is 2.73. The van der Waals surface area contributed by atoms with Crippen molar-refractivity contribution in [2.75, 3.05) is 5.32 Å². The Kier molecular flexibility index (Phi) is 5.49. The topological polar surface area (TPSA) is 87.6 Å². The first kappa shape index (κ1) is 17.8. The van der Waals surface area contributed by atoms with E-state index in [2.05, 4.69) is 15.8 Å². The maximum absolute atomic E-state index is 12.1. The molecule has 0 saturated heterocycles. The van der Waals surface area contributed by atoms with Crippen LogP contribution in [0.1, 0.15) is 56.8 Å². The molecule has 0 spiro atoms. The summed E-state index contributed by atoms with van der Waals surface area (Å²) in [6.45, 7) is 5.81. The quantitative estimate of drug-likeness (QED) is 0.833. The number of benzene rings is 1. The third-order valence-electron chi connectivity index (χ3n) is 3.83. The highest BCUT2D eigenvalue weighted by Gasteiger charge is 2.30.